The summed E-state index contributed by atoms with van der Waals surface area (Å²) in [6.07, 6.45) is 3.38. The summed E-state index contributed by atoms with van der Waals surface area (Å²) in [6.45, 7) is 1.40. The normalized spacial score (nSPS) is 14.5. The average Bonchev–Trinajstić information content (AvgIpc) is 3.14. The maximum atomic E-state index is 10.6. The number of nitro groups is 1. The molecule has 1 aromatic carbocycles. The number of nitrogens with zero attached hydrogens (tertiary/aromatic N) is 1. The highest BCUT2D eigenvalue weighted by molar-refractivity contribution is 6.32. The minimum Gasteiger partial charge on any atom is -0.492 e. The van der Waals surface area contributed by atoms with E-state index in [0.717, 1.165) is 13.0 Å². The molecule has 0 saturated heterocycles. The summed E-state index contributed by atoms with van der Waals surface area (Å²) in [4.78, 5) is 10.2. The molecule has 1 saturated carbocycles. The van der Waals surface area contributed by atoms with Crippen LogP contribution < -0.4 is 10.1 Å². The number of hydrogen-bond acceptors (Lipinski definition) is 4. The van der Waals surface area contributed by atoms with E-state index in [1.54, 1.807) is 0 Å². The van der Waals surface area contributed by atoms with Gasteiger partial charge in [0.15, 0.2) is 0 Å². The lowest BCUT2D eigenvalue weighted by molar-refractivity contribution is -0.384. The Bertz CT molecular complexity index is 435. The molecule has 0 aromatic heterocycles. The van der Waals surface area contributed by atoms with E-state index in [1.807, 2.05) is 0 Å². The molecule has 98 valence electrons. The molecule has 0 aliphatic heterocycles. The largest absolute Gasteiger partial charge is 0.492 e. The van der Waals surface area contributed by atoms with Gasteiger partial charge >= 0.3 is 0 Å². The van der Waals surface area contributed by atoms with Crippen LogP contribution in [0.15, 0.2) is 18.2 Å². The van der Waals surface area contributed by atoms with Gasteiger partial charge in [0.25, 0.3) is 5.69 Å². The molecule has 0 atom stereocenters. The van der Waals surface area contributed by atoms with Gasteiger partial charge in [0.05, 0.1) is 22.6 Å². The van der Waals surface area contributed by atoms with Crippen molar-refractivity contribution in [3.05, 3.63) is 33.3 Å². The van der Waals surface area contributed by atoms with Crippen molar-refractivity contribution in [3.63, 3.8) is 0 Å². The molecule has 1 aromatic rings. The molecule has 2 rings (SSSR count). The van der Waals surface area contributed by atoms with Crippen molar-refractivity contribution in [1.29, 1.82) is 0 Å². The minimum absolute atomic E-state index is 0.00879. The number of halogens is 1. The van der Waals surface area contributed by atoms with Crippen molar-refractivity contribution in [2.45, 2.75) is 25.3 Å². The van der Waals surface area contributed by atoms with Crippen molar-refractivity contribution >= 4 is 17.3 Å². The maximum absolute atomic E-state index is 10.6. The van der Waals surface area contributed by atoms with E-state index in [2.05, 4.69) is 5.32 Å². The van der Waals surface area contributed by atoms with Crippen molar-refractivity contribution < 1.29 is 9.66 Å². The highest BCUT2D eigenvalue weighted by Gasteiger charge is 2.19. The number of nitro benzene ring substituents is 1. The first kappa shape index (κ1) is 13.1. The molecule has 0 amide bonds. The number of benzene rings is 1. The van der Waals surface area contributed by atoms with Crippen LogP contribution in [0, 0.1) is 10.1 Å². The second-order valence-corrected chi connectivity index (χ2v) is 4.71. The van der Waals surface area contributed by atoms with E-state index < -0.39 is 4.92 Å². The number of rotatable bonds is 7. The predicted molar refractivity (Wildman–Crippen MR) is 69.2 cm³/mol. The van der Waals surface area contributed by atoms with Crippen molar-refractivity contribution in [2.24, 2.45) is 0 Å². The third kappa shape index (κ3) is 3.85. The number of non-ortho nitro benzene ring substituents is 1. The van der Waals surface area contributed by atoms with Gasteiger partial charge in [-0.2, -0.15) is 0 Å². The van der Waals surface area contributed by atoms with Gasteiger partial charge in [0.2, 0.25) is 0 Å². The Morgan fingerprint density at radius 1 is 1.50 bits per heavy atom. The fourth-order valence-electron chi connectivity index (χ4n) is 1.56. The smallest absolute Gasteiger partial charge is 0.273 e. The standard InChI is InChI=1S/C12H15ClN2O3/c13-11-5-4-10(15(16)17)8-12(11)18-7-1-6-14-9-2-3-9/h4-5,8-9,14H,1-3,6-7H2. The zero-order valence-electron chi connectivity index (χ0n) is 9.89. The molecule has 0 heterocycles. The van der Waals surface area contributed by atoms with E-state index in [9.17, 15) is 10.1 Å². The fraction of sp³-hybridized carbons (Fsp3) is 0.500. The van der Waals surface area contributed by atoms with E-state index in [0.29, 0.717) is 23.4 Å². The molecular formula is C12H15ClN2O3. The van der Waals surface area contributed by atoms with Gasteiger partial charge in [0.1, 0.15) is 5.75 Å². The first-order chi connectivity index (χ1) is 8.66. The molecule has 5 nitrogen and oxygen atoms in total. The van der Waals surface area contributed by atoms with Crippen LogP contribution in [0.2, 0.25) is 5.02 Å². The van der Waals surface area contributed by atoms with Gasteiger partial charge in [-0.1, -0.05) is 11.6 Å². The topological polar surface area (TPSA) is 64.4 Å². The molecule has 0 radical (unpaired) electrons. The van der Waals surface area contributed by atoms with Crippen LogP contribution in [0.3, 0.4) is 0 Å². The highest BCUT2D eigenvalue weighted by Crippen LogP contribution is 2.28. The van der Waals surface area contributed by atoms with E-state index in [1.165, 1.54) is 31.0 Å². The zero-order chi connectivity index (χ0) is 13.0. The summed E-state index contributed by atoms with van der Waals surface area (Å²) in [5.74, 6) is 0.372. The van der Waals surface area contributed by atoms with Crippen molar-refractivity contribution in [3.8, 4) is 5.75 Å². The van der Waals surface area contributed by atoms with Gasteiger partial charge in [-0.15, -0.1) is 0 Å². The number of nitrogens with one attached hydrogen (secondary N) is 1. The van der Waals surface area contributed by atoms with Crippen LogP contribution in [-0.4, -0.2) is 24.1 Å². The molecule has 0 spiro atoms. The molecule has 1 aliphatic carbocycles. The quantitative estimate of drug-likeness (QED) is 0.470. The Hall–Kier alpha value is -1.33. The molecule has 0 unspecified atom stereocenters. The van der Waals surface area contributed by atoms with Crippen molar-refractivity contribution in [2.75, 3.05) is 13.2 Å². The van der Waals surface area contributed by atoms with Crippen LogP contribution in [0.4, 0.5) is 5.69 Å². The highest BCUT2D eigenvalue weighted by atomic mass is 35.5. The first-order valence-electron chi connectivity index (χ1n) is 5.97. The lowest BCUT2D eigenvalue weighted by Crippen LogP contribution is -2.19. The van der Waals surface area contributed by atoms with Gasteiger partial charge in [0, 0.05) is 12.1 Å². The van der Waals surface area contributed by atoms with Crippen LogP contribution in [0.5, 0.6) is 5.75 Å². The SMILES string of the molecule is O=[N+]([O-])c1ccc(Cl)c(OCCCNC2CC2)c1. The van der Waals surface area contributed by atoms with Gasteiger partial charge in [-0.25, -0.2) is 0 Å². The summed E-state index contributed by atoms with van der Waals surface area (Å²) in [5.41, 5.74) is -0.00879. The summed E-state index contributed by atoms with van der Waals surface area (Å²) >= 11 is 5.91. The summed E-state index contributed by atoms with van der Waals surface area (Å²) in [6, 6.07) is 4.89. The number of hydrogen-bond donors (Lipinski definition) is 1. The monoisotopic (exact) mass is 270 g/mol. The second kappa shape index (κ2) is 6.02. The van der Waals surface area contributed by atoms with E-state index in [-0.39, 0.29) is 5.69 Å². The Kier molecular flexibility index (Phi) is 4.38. The lowest BCUT2D eigenvalue weighted by atomic mass is 10.3. The lowest BCUT2D eigenvalue weighted by Gasteiger charge is -2.08. The van der Waals surface area contributed by atoms with Crippen molar-refractivity contribution in [1.82, 2.24) is 5.32 Å². The maximum Gasteiger partial charge on any atom is 0.273 e. The summed E-state index contributed by atoms with van der Waals surface area (Å²) in [7, 11) is 0. The second-order valence-electron chi connectivity index (χ2n) is 4.30. The Balaban J connectivity index is 1.79. The third-order valence-corrected chi connectivity index (χ3v) is 3.03. The Morgan fingerprint density at radius 2 is 2.28 bits per heavy atom. The molecular weight excluding hydrogens is 256 g/mol. The third-order valence-electron chi connectivity index (χ3n) is 2.71. The summed E-state index contributed by atoms with van der Waals surface area (Å²) in [5, 5.41) is 14.4. The van der Waals surface area contributed by atoms with Crippen LogP contribution in [-0.2, 0) is 0 Å². The Labute approximate surface area is 110 Å². The van der Waals surface area contributed by atoms with Crippen LogP contribution in [0.25, 0.3) is 0 Å². The zero-order valence-corrected chi connectivity index (χ0v) is 10.7. The predicted octanol–water partition coefficient (Wildman–Crippen LogP) is 2.77. The van der Waals surface area contributed by atoms with Crippen LogP contribution >= 0.6 is 11.6 Å². The molecule has 1 fully saturated rings. The van der Waals surface area contributed by atoms with Gasteiger partial charge < -0.3 is 10.1 Å². The molecule has 6 heteroatoms. The number of ether oxygens (including phenoxy) is 1. The molecule has 0 bridgehead atoms. The Morgan fingerprint density at radius 3 is 2.94 bits per heavy atom. The first-order valence-corrected chi connectivity index (χ1v) is 6.35. The van der Waals surface area contributed by atoms with Gasteiger partial charge in [-0.05, 0) is 31.9 Å². The van der Waals surface area contributed by atoms with E-state index in [4.69, 9.17) is 16.3 Å². The van der Waals surface area contributed by atoms with E-state index >= 15 is 0 Å². The minimum atomic E-state index is -0.460. The van der Waals surface area contributed by atoms with Gasteiger partial charge in [-0.3, -0.25) is 10.1 Å². The van der Waals surface area contributed by atoms with Crippen LogP contribution in [0.1, 0.15) is 19.3 Å². The molecule has 1 aliphatic rings. The molecule has 1 N–H and O–H groups in total. The molecule has 18 heavy (non-hydrogen) atoms. The average molecular weight is 271 g/mol. The fourth-order valence-corrected chi connectivity index (χ4v) is 1.74. The summed E-state index contributed by atoms with van der Waals surface area (Å²) < 4.78 is 5.45.